The number of hydrogen-bond acceptors (Lipinski definition) is 2. The summed E-state index contributed by atoms with van der Waals surface area (Å²) in [5, 5.41) is 3.46. The number of rotatable bonds is 4. The van der Waals surface area contributed by atoms with E-state index in [9.17, 15) is 0 Å². The van der Waals surface area contributed by atoms with Gasteiger partial charge in [0.2, 0.25) is 0 Å². The molecular weight excluding hydrogens is 196 g/mol. The summed E-state index contributed by atoms with van der Waals surface area (Å²) in [6.07, 6.45) is 7.11. The minimum absolute atomic E-state index is 0.898. The predicted octanol–water partition coefficient (Wildman–Crippen LogP) is 2.50. The van der Waals surface area contributed by atoms with Crippen molar-refractivity contribution in [3.63, 3.8) is 0 Å². The van der Waals surface area contributed by atoms with Crippen LogP contribution in [-0.2, 0) is 0 Å². The summed E-state index contributed by atoms with van der Waals surface area (Å²) in [4.78, 5) is 2.76. The SMILES string of the molecule is CCN(CC1CCNCC1)C1CCC(C)C1. The van der Waals surface area contributed by atoms with Crippen LogP contribution in [0, 0.1) is 11.8 Å². The summed E-state index contributed by atoms with van der Waals surface area (Å²) in [6.45, 7) is 9.84. The van der Waals surface area contributed by atoms with Crippen LogP contribution in [0.4, 0.5) is 0 Å². The lowest BCUT2D eigenvalue weighted by atomic mass is 9.96. The highest BCUT2D eigenvalue weighted by Crippen LogP contribution is 2.29. The zero-order chi connectivity index (χ0) is 11.4. The first-order valence-electron chi connectivity index (χ1n) is 7.24. The van der Waals surface area contributed by atoms with Crippen molar-refractivity contribution in [2.45, 2.75) is 52.0 Å². The van der Waals surface area contributed by atoms with Crippen molar-refractivity contribution in [3.05, 3.63) is 0 Å². The number of nitrogens with zero attached hydrogens (tertiary/aromatic N) is 1. The van der Waals surface area contributed by atoms with Gasteiger partial charge in [-0.15, -0.1) is 0 Å². The summed E-state index contributed by atoms with van der Waals surface area (Å²) in [7, 11) is 0. The Morgan fingerprint density at radius 1 is 1.12 bits per heavy atom. The third-order valence-electron chi connectivity index (χ3n) is 4.54. The van der Waals surface area contributed by atoms with Gasteiger partial charge in [-0.2, -0.15) is 0 Å². The Bertz CT molecular complexity index is 199. The maximum absolute atomic E-state index is 3.46. The quantitative estimate of drug-likeness (QED) is 0.789. The molecule has 1 saturated heterocycles. The topological polar surface area (TPSA) is 15.3 Å². The first kappa shape index (κ1) is 12.4. The van der Waals surface area contributed by atoms with E-state index < -0.39 is 0 Å². The molecule has 2 atom stereocenters. The highest BCUT2D eigenvalue weighted by Gasteiger charge is 2.27. The van der Waals surface area contributed by atoms with Gasteiger partial charge in [-0.1, -0.05) is 13.8 Å². The lowest BCUT2D eigenvalue weighted by Gasteiger charge is -2.33. The van der Waals surface area contributed by atoms with Crippen molar-refractivity contribution in [2.24, 2.45) is 11.8 Å². The molecule has 16 heavy (non-hydrogen) atoms. The zero-order valence-corrected chi connectivity index (χ0v) is 11.0. The molecule has 2 unspecified atom stereocenters. The third kappa shape index (κ3) is 3.21. The van der Waals surface area contributed by atoms with Crippen molar-refractivity contribution >= 4 is 0 Å². The van der Waals surface area contributed by atoms with Gasteiger partial charge in [0.1, 0.15) is 0 Å². The summed E-state index contributed by atoms with van der Waals surface area (Å²) in [6, 6.07) is 0.898. The standard InChI is InChI=1S/C14H28N2/c1-3-16(14-5-4-12(2)10-14)11-13-6-8-15-9-7-13/h12-15H,3-11H2,1-2H3. The Balaban J connectivity index is 1.80. The molecule has 0 radical (unpaired) electrons. The average molecular weight is 224 g/mol. The van der Waals surface area contributed by atoms with Gasteiger partial charge in [0.25, 0.3) is 0 Å². The van der Waals surface area contributed by atoms with E-state index in [1.807, 2.05) is 0 Å². The normalized spacial score (nSPS) is 32.4. The van der Waals surface area contributed by atoms with Crippen LogP contribution in [0.25, 0.3) is 0 Å². The molecule has 0 bridgehead atoms. The van der Waals surface area contributed by atoms with E-state index in [-0.39, 0.29) is 0 Å². The van der Waals surface area contributed by atoms with Gasteiger partial charge < -0.3 is 10.2 Å². The molecule has 0 amide bonds. The first-order valence-corrected chi connectivity index (χ1v) is 7.24. The maximum atomic E-state index is 3.46. The van der Waals surface area contributed by atoms with E-state index in [1.165, 1.54) is 58.3 Å². The Kier molecular flexibility index (Phi) is 4.66. The van der Waals surface area contributed by atoms with Gasteiger partial charge in [-0.05, 0) is 63.6 Å². The van der Waals surface area contributed by atoms with E-state index in [0.717, 1.165) is 17.9 Å². The Labute approximate surface area is 101 Å². The molecule has 2 aliphatic rings. The summed E-state index contributed by atoms with van der Waals surface area (Å²) < 4.78 is 0. The average Bonchev–Trinajstić information content (AvgIpc) is 2.74. The second kappa shape index (κ2) is 6.02. The van der Waals surface area contributed by atoms with Gasteiger partial charge >= 0.3 is 0 Å². The molecule has 1 saturated carbocycles. The Morgan fingerprint density at radius 2 is 1.88 bits per heavy atom. The molecule has 1 heterocycles. The van der Waals surface area contributed by atoms with E-state index in [1.54, 1.807) is 0 Å². The highest BCUT2D eigenvalue weighted by molar-refractivity contribution is 4.82. The molecule has 0 aromatic rings. The lowest BCUT2D eigenvalue weighted by molar-refractivity contribution is 0.158. The van der Waals surface area contributed by atoms with Crippen LogP contribution in [-0.4, -0.2) is 37.1 Å². The van der Waals surface area contributed by atoms with Gasteiger partial charge in [0, 0.05) is 12.6 Å². The van der Waals surface area contributed by atoms with Crippen LogP contribution in [0.2, 0.25) is 0 Å². The molecule has 0 spiro atoms. The molecule has 2 rings (SSSR count). The van der Waals surface area contributed by atoms with E-state index >= 15 is 0 Å². The fourth-order valence-electron chi connectivity index (χ4n) is 3.44. The lowest BCUT2D eigenvalue weighted by Crippen LogP contribution is -2.40. The van der Waals surface area contributed by atoms with Crippen molar-refractivity contribution in [2.75, 3.05) is 26.2 Å². The molecule has 94 valence electrons. The van der Waals surface area contributed by atoms with Crippen LogP contribution in [0.15, 0.2) is 0 Å². The van der Waals surface area contributed by atoms with Gasteiger partial charge in [-0.25, -0.2) is 0 Å². The fraction of sp³-hybridized carbons (Fsp3) is 1.00. The van der Waals surface area contributed by atoms with Crippen molar-refractivity contribution in [1.82, 2.24) is 10.2 Å². The molecule has 1 aliphatic heterocycles. The van der Waals surface area contributed by atoms with E-state index in [0.29, 0.717) is 0 Å². The molecule has 0 aromatic heterocycles. The molecule has 1 N–H and O–H groups in total. The summed E-state index contributed by atoms with van der Waals surface area (Å²) in [5.74, 6) is 1.92. The molecule has 2 nitrogen and oxygen atoms in total. The molecule has 1 aliphatic carbocycles. The van der Waals surface area contributed by atoms with Gasteiger partial charge in [0.15, 0.2) is 0 Å². The molecule has 2 fully saturated rings. The fourth-order valence-corrected chi connectivity index (χ4v) is 3.44. The van der Waals surface area contributed by atoms with Crippen LogP contribution >= 0.6 is 0 Å². The molecule has 2 heteroatoms. The number of piperidine rings is 1. The van der Waals surface area contributed by atoms with Crippen molar-refractivity contribution in [3.8, 4) is 0 Å². The second-order valence-electron chi connectivity index (χ2n) is 5.85. The van der Waals surface area contributed by atoms with E-state index in [4.69, 9.17) is 0 Å². The molecule has 0 aromatic carbocycles. The van der Waals surface area contributed by atoms with Crippen LogP contribution < -0.4 is 5.32 Å². The van der Waals surface area contributed by atoms with Crippen molar-refractivity contribution in [1.29, 1.82) is 0 Å². The molecular formula is C14H28N2. The summed E-state index contributed by atoms with van der Waals surface area (Å²) >= 11 is 0. The van der Waals surface area contributed by atoms with Crippen LogP contribution in [0.5, 0.6) is 0 Å². The summed E-state index contributed by atoms with van der Waals surface area (Å²) in [5.41, 5.74) is 0. The highest BCUT2D eigenvalue weighted by atomic mass is 15.2. The Morgan fingerprint density at radius 3 is 2.44 bits per heavy atom. The van der Waals surface area contributed by atoms with Crippen LogP contribution in [0.1, 0.15) is 46.0 Å². The second-order valence-corrected chi connectivity index (χ2v) is 5.85. The monoisotopic (exact) mass is 224 g/mol. The first-order chi connectivity index (χ1) is 7.79. The minimum atomic E-state index is 0.898. The van der Waals surface area contributed by atoms with Gasteiger partial charge in [0.05, 0.1) is 0 Å². The minimum Gasteiger partial charge on any atom is -0.317 e. The predicted molar refractivity (Wildman–Crippen MR) is 69.6 cm³/mol. The maximum Gasteiger partial charge on any atom is 0.00978 e. The van der Waals surface area contributed by atoms with Gasteiger partial charge in [-0.3, -0.25) is 0 Å². The van der Waals surface area contributed by atoms with Crippen molar-refractivity contribution < 1.29 is 0 Å². The number of hydrogen-bond donors (Lipinski definition) is 1. The number of nitrogens with one attached hydrogen (secondary N) is 1. The largest absolute Gasteiger partial charge is 0.317 e. The third-order valence-corrected chi connectivity index (χ3v) is 4.54. The van der Waals surface area contributed by atoms with E-state index in [2.05, 4.69) is 24.1 Å². The smallest absolute Gasteiger partial charge is 0.00978 e. The Hall–Kier alpha value is -0.0800. The zero-order valence-electron chi connectivity index (χ0n) is 11.0. The van der Waals surface area contributed by atoms with Crippen LogP contribution in [0.3, 0.4) is 0 Å².